The number of anilines is 1. The summed E-state index contributed by atoms with van der Waals surface area (Å²) < 4.78 is 39.6. The van der Waals surface area contributed by atoms with Gasteiger partial charge in [0.2, 0.25) is 0 Å². The van der Waals surface area contributed by atoms with Crippen LogP contribution in [0.25, 0.3) is 0 Å². The van der Waals surface area contributed by atoms with E-state index in [2.05, 4.69) is 4.72 Å². The Bertz CT molecular complexity index is 762. The van der Waals surface area contributed by atoms with Crippen molar-refractivity contribution in [3.63, 3.8) is 0 Å². The highest BCUT2D eigenvalue weighted by Gasteiger charge is 2.19. The molecule has 0 radical (unpaired) electrons. The number of aryl methyl sites for hydroxylation is 1. The van der Waals surface area contributed by atoms with Gasteiger partial charge in [0.1, 0.15) is 11.6 Å². The largest absolute Gasteiger partial charge is 0.506 e. The summed E-state index contributed by atoms with van der Waals surface area (Å²) in [5, 5.41) is 9.89. The van der Waals surface area contributed by atoms with Crippen molar-refractivity contribution in [3.05, 3.63) is 52.8 Å². The van der Waals surface area contributed by atoms with E-state index in [-0.39, 0.29) is 26.9 Å². The normalized spacial score (nSPS) is 11.3. The fourth-order valence-corrected chi connectivity index (χ4v) is 3.17. The summed E-state index contributed by atoms with van der Waals surface area (Å²) in [6.45, 7) is 1.48. The fourth-order valence-electron chi connectivity index (χ4n) is 1.70. The van der Waals surface area contributed by atoms with E-state index in [0.717, 1.165) is 18.2 Å². The zero-order chi connectivity index (χ0) is 14.9. The topological polar surface area (TPSA) is 66.4 Å². The van der Waals surface area contributed by atoms with E-state index in [1.54, 1.807) is 0 Å². The Morgan fingerprint density at radius 2 is 1.90 bits per heavy atom. The van der Waals surface area contributed by atoms with Crippen molar-refractivity contribution in [2.75, 3.05) is 4.72 Å². The number of nitrogens with one attached hydrogen (secondary N) is 1. The first-order valence-corrected chi connectivity index (χ1v) is 7.43. The lowest BCUT2D eigenvalue weighted by atomic mass is 10.2. The molecule has 2 rings (SSSR count). The number of aromatic hydroxyl groups is 1. The van der Waals surface area contributed by atoms with Gasteiger partial charge in [-0.05, 0) is 48.9 Å². The molecule has 0 amide bonds. The van der Waals surface area contributed by atoms with Gasteiger partial charge >= 0.3 is 0 Å². The van der Waals surface area contributed by atoms with Crippen molar-refractivity contribution >= 4 is 27.3 Å². The van der Waals surface area contributed by atoms with Gasteiger partial charge in [-0.3, -0.25) is 4.72 Å². The van der Waals surface area contributed by atoms with E-state index in [1.165, 1.54) is 25.1 Å². The number of rotatable bonds is 3. The third-order valence-electron chi connectivity index (χ3n) is 2.63. The lowest BCUT2D eigenvalue weighted by molar-refractivity contribution is 0.477. The zero-order valence-electron chi connectivity index (χ0n) is 10.4. The molecule has 2 aromatic rings. The number of hydrogen-bond donors (Lipinski definition) is 2. The van der Waals surface area contributed by atoms with Gasteiger partial charge in [-0.1, -0.05) is 11.6 Å². The highest BCUT2D eigenvalue weighted by Crippen LogP contribution is 2.29. The Kier molecular flexibility index (Phi) is 3.87. The molecule has 0 atom stereocenters. The maximum absolute atomic E-state index is 13.0. The molecule has 7 heteroatoms. The van der Waals surface area contributed by atoms with Crippen molar-refractivity contribution in [2.45, 2.75) is 11.8 Å². The minimum atomic E-state index is -3.94. The van der Waals surface area contributed by atoms with Crippen molar-refractivity contribution in [2.24, 2.45) is 0 Å². The van der Waals surface area contributed by atoms with Crippen LogP contribution in [0.1, 0.15) is 5.56 Å². The van der Waals surface area contributed by atoms with Crippen molar-refractivity contribution in [3.8, 4) is 5.75 Å². The molecule has 0 saturated carbocycles. The number of phenols is 1. The van der Waals surface area contributed by atoms with E-state index in [0.29, 0.717) is 0 Å². The second-order valence-electron chi connectivity index (χ2n) is 4.18. The van der Waals surface area contributed by atoms with Crippen LogP contribution in [-0.2, 0) is 10.0 Å². The quantitative estimate of drug-likeness (QED) is 0.854. The lowest BCUT2D eigenvalue weighted by Crippen LogP contribution is -2.14. The smallest absolute Gasteiger partial charge is 0.262 e. The van der Waals surface area contributed by atoms with Crippen LogP contribution in [-0.4, -0.2) is 13.5 Å². The molecule has 0 aliphatic carbocycles. The van der Waals surface area contributed by atoms with Crippen molar-refractivity contribution in [1.29, 1.82) is 0 Å². The van der Waals surface area contributed by atoms with E-state index in [9.17, 15) is 17.9 Å². The van der Waals surface area contributed by atoms with Crippen LogP contribution in [0.15, 0.2) is 41.3 Å². The maximum atomic E-state index is 13.0. The van der Waals surface area contributed by atoms with Gasteiger partial charge in [-0.25, -0.2) is 12.8 Å². The van der Waals surface area contributed by atoms with Crippen LogP contribution in [0, 0.1) is 12.7 Å². The molecule has 0 unspecified atom stereocenters. The molecule has 0 fully saturated rings. The molecule has 0 aliphatic rings. The molecule has 2 aromatic carbocycles. The summed E-state index contributed by atoms with van der Waals surface area (Å²) in [5.74, 6) is -0.773. The average Bonchev–Trinajstić information content (AvgIpc) is 2.33. The highest BCUT2D eigenvalue weighted by molar-refractivity contribution is 7.92. The van der Waals surface area contributed by atoms with E-state index < -0.39 is 15.8 Å². The van der Waals surface area contributed by atoms with E-state index >= 15 is 0 Å². The van der Waals surface area contributed by atoms with E-state index in [4.69, 9.17) is 11.6 Å². The second-order valence-corrected chi connectivity index (χ2v) is 6.26. The number of halogens is 2. The van der Waals surface area contributed by atoms with Crippen LogP contribution in [0.5, 0.6) is 5.75 Å². The minimum Gasteiger partial charge on any atom is -0.506 e. The maximum Gasteiger partial charge on any atom is 0.262 e. The summed E-state index contributed by atoms with van der Waals surface area (Å²) in [6, 6.07) is 7.32. The molecule has 20 heavy (non-hydrogen) atoms. The van der Waals surface area contributed by atoms with E-state index in [1.807, 2.05) is 0 Å². The number of hydrogen-bond acceptors (Lipinski definition) is 3. The van der Waals surface area contributed by atoms with Crippen LogP contribution < -0.4 is 4.72 Å². The molecule has 0 aromatic heterocycles. The summed E-state index contributed by atoms with van der Waals surface area (Å²) in [4.78, 5) is -0.0710. The summed E-state index contributed by atoms with van der Waals surface area (Å²) >= 11 is 5.75. The van der Waals surface area contributed by atoms with Crippen LogP contribution in [0.2, 0.25) is 5.02 Å². The SMILES string of the molecule is Cc1cc(F)ccc1S(=O)(=O)Nc1cc(Cl)ccc1O. The molecule has 2 N–H and O–H groups in total. The second kappa shape index (κ2) is 5.30. The Morgan fingerprint density at radius 3 is 2.55 bits per heavy atom. The standard InChI is InChI=1S/C13H11ClFNO3S/c1-8-6-10(15)3-5-13(8)20(18,19)16-11-7-9(14)2-4-12(11)17/h2-7,16-17H,1H3. The number of sulfonamides is 1. The van der Waals surface area contributed by atoms with Gasteiger partial charge < -0.3 is 5.11 Å². The van der Waals surface area contributed by atoms with Crippen LogP contribution >= 0.6 is 11.6 Å². The first-order valence-electron chi connectivity index (χ1n) is 5.57. The number of phenolic OH excluding ortho intramolecular Hbond substituents is 1. The van der Waals surface area contributed by atoms with Crippen LogP contribution in [0.4, 0.5) is 10.1 Å². The average molecular weight is 316 g/mol. The van der Waals surface area contributed by atoms with Gasteiger partial charge in [0.15, 0.2) is 0 Å². The summed E-state index contributed by atoms with van der Waals surface area (Å²) in [7, 11) is -3.94. The van der Waals surface area contributed by atoms with Gasteiger partial charge in [-0.2, -0.15) is 0 Å². The third kappa shape index (κ3) is 3.02. The first-order chi connectivity index (χ1) is 9.29. The predicted molar refractivity (Wildman–Crippen MR) is 75.1 cm³/mol. The van der Waals surface area contributed by atoms with Crippen molar-refractivity contribution < 1.29 is 17.9 Å². The first kappa shape index (κ1) is 14.6. The molecule has 0 bridgehead atoms. The van der Waals surface area contributed by atoms with Gasteiger partial charge in [0.25, 0.3) is 10.0 Å². The Labute approximate surface area is 120 Å². The predicted octanol–water partition coefficient (Wildman–Crippen LogP) is 3.29. The monoisotopic (exact) mass is 315 g/mol. The molecule has 0 aliphatic heterocycles. The molecular formula is C13H11ClFNO3S. The van der Waals surface area contributed by atoms with Gasteiger partial charge in [0.05, 0.1) is 10.6 Å². The number of benzene rings is 2. The molecule has 0 heterocycles. The molecule has 0 spiro atoms. The zero-order valence-corrected chi connectivity index (χ0v) is 12.0. The lowest BCUT2D eigenvalue weighted by Gasteiger charge is -2.11. The molecule has 4 nitrogen and oxygen atoms in total. The summed E-state index contributed by atoms with van der Waals surface area (Å²) in [5.41, 5.74) is 0.222. The highest BCUT2D eigenvalue weighted by atomic mass is 35.5. The Morgan fingerprint density at radius 1 is 1.20 bits per heavy atom. The molecular weight excluding hydrogens is 305 g/mol. The Hall–Kier alpha value is -1.79. The summed E-state index contributed by atoms with van der Waals surface area (Å²) in [6.07, 6.45) is 0. The van der Waals surface area contributed by atoms with Crippen LogP contribution in [0.3, 0.4) is 0 Å². The van der Waals surface area contributed by atoms with Crippen molar-refractivity contribution in [1.82, 2.24) is 0 Å². The molecule has 106 valence electrons. The Balaban J connectivity index is 2.43. The van der Waals surface area contributed by atoms with Gasteiger partial charge in [-0.15, -0.1) is 0 Å². The minimum absolute atomic E-state index is 0.0405. The third-order valence-corrected chi connectivity index (χ3v) is 4.39. The van der Waals surface area contributed by atoms with Gasteiger partial charge in [0, 0.05) is 5.02 Å². The molecule has 0 saturated heterocycles. The fraction of sp³-hybridized carbons (Fsp3) is 0.0769.